The Kier molecular flexibility index (Phi) is 6.94. The summed E-state index contributed by atoms with van der Waals surface area (Å²) in [6, 6.07) is 16.5. The average molecular weight is 451 g/mol. The van der Waals surface area contributed by atoms with Gasteiger partial charge in [-0.25, -0.2) is 0 Å². The summed E-state index contributed by atoms with van der Waals surface area (Å²) < 4.78 is 0. The molecule has 1 aliphatic heterocycles. The predicted molar refractivity (Wildman–Crippen MR) is 132 cm³/mol. The van der Waals surface area contributed by atoms with Gasteiger partial charge < -0.3 is 10.2 Å². The van der Waals surface area contributed by atoms with E-state index in [0.29, 0.717) is 18.4 Å². The van der Waals surface area contributed by atoms with Crippen molar-refractivity contribution in [3.05, 3.63) is 59.7 Å². The third-order valence-corrected chi connectivity index (χ3v) is 8.75. The molecule has 0 unspecified atom stereocenters. The maximum absolute atomic E-state index is 13.6. The summed E-state index contributed by atoms with van der Waals surface area (Å²) in [4.78, 5) is 29.8. The van der Waals surface area contributed by atoms with Crippen molar-refractivity contribution in [1.29, 1.82) is 0 Å². The van der Waals surface area contributed by atoms with E-state index in [-0.39, 0.29) is 17.9 Å². The van der Waals surface area contributed by atoms with Gasteiger partial charge in [-0.05, 0) is 42.9 Å². The zero-order valence-corrected chi connectivity index (χ0v) is 20.3. The Bertz CT molecular complexity index is 974. The highest BCUT2D eigenvalue weighted by Crippen LogP contribution is 2.42. The molecule has 0 bridgehead atoms. The zero-order valence-electron chi connectivity index (χ0n) is 19.5. The van der Waals surface area contributed by atoms with E-state index in [1.807, 2.05) is 30.0 Å². The molecule has 4 rings (SSSR count). The van der Waals surface area contributed by atoms with Gasteiger partial charge >= 0.3 is 0 Å². The number of fused-ring (bicyclic) bond motifs is 1. The number of hydrogen-bond donors (Lipinski definition) is 1. The number of nitrogens with zero attached hydrogens (tertiary/aromatic N) is 1. The van der Waals surface area contributed by atoms with Gasteiger partial charge in [-0.1, -0.05) is 75.6 Å². The fraction of sp³-hybridized carbons (Fsp3) is 0.481. The number of carbonyl (C=O) groups is 2. The molecule has 5 heteroatoms. The van der Waals surface area contributed by atoms with Crippen LogP contribution in [0.3, 0.4) is 0 Å². The molecule has 0 spiro atoms. The van der Waals surface area contributed by atoms with E-state index in [1.165, 1.54) is 23.7 Å². The first-order valence-corrected chi connectivity index (χ1v) is 12.7. The third kappa shape index (κ3) is 4.73. The first kappa shape index (κ1) is 22.9. The number of hydrogen-bond acceptors (Lipinski definition) is 3. The number of nitrogens with one attached hydrogen (secondary N) is 1. The van der Waals surface area contributed by atoms with Crippen LogP contribution in [0.25, 0.3) is 0 Å². The molecule has 2 aliphatic rings. The Morgan fingerprint density at radius 1 is 1.12 bits per heavy atom. The zero-order chi connectivity index (χ0) is 22.8. The summed E-state index contributed by atoms with van der Waals surface area (Å²) >= 11 is 1.53. The summed E-state index contributed by atoms with van der Waals surface area (Å²) in [6.45, 7) is 8.98. The van der Waals surface area contributed by atoms with Gasteiger partial charge in [-0.15, -0.1) is 11.8 Å². The van der Waals surface area contributed by atoms with Gasteiger partial charge in [-0.3, -0.25) is 9.59 Å². The van der Waals surface area contributed by atoms with E-state index in [0.717, 1.165) is 29.0 Å². The summed E-state index contributed by atoms with van der Waals surface area (Å²) in [5, 5.41) is 2.86. The van der Waals surface area contributed by atoms with Crippen LogP contribution < -0.4 is 10.2 Å². The van der Waals surface area contributed by atoms with Crippen LogP contribution >= 0.6 is 11.8 Å². The molecule has 32 heavy (non-hydrogen) atoms. The molecule has 1 aliphatic carbocycles. The summed E-state index contributed by atoms with van der Waals surface area (Å²) in [6.07, 6.45) is 3.41. The van der Waals surface area contributed by atoms with Gasteiger partial charge in [-0.2, -0.15) is 0 Å². The summed E-state index contributed by atoms with van der Waals surface area (Å²) in [5.74, 6) is 0.699. The maximum Gasteiger partial charge on any atom is 0.241 e. The van der Waals surface area contributed by atoms with Crippen molar-refractivity contribution >= 4 is 29.3 Å². The molecule has 1 fully saturated rings. The van der Waals surface area contributed by atoms with Crippen molar-refractivity contribution in [2.24, 2.45) is 17.8 Å². The Balaban J connectivity index is 1.54. The molecule has 0 aromatic heterocycles. The highest BCUT2D eigenvalue weighted by molar-refractivity contribution is 8.01. The summed E-state index contributed by atoms with van der Waals surface area (Å²) in [7, 11) is 0. The molecule has 0 radical (unpaired) electrons. The minimum atomic E-state index is -0.424. The van der Waals surface area contributed by atoms with E-state index in [4.69, 9.17) is 0 Å². The second-order valence-corrected chi connectivity index (χ2v) is 10.8. The van der Waals surface area contributed by atoms with Gasteiger partial charge in [0.15, 0.2) is 0 Å². The van der Waals surface area contributed by atoms with Crippen molar-refractivity contribution in [3.8, 4) is 0 Å². The van der Waals surface area contributed by atoms with Crippen molar-refractivity contribution in [1.82, 2.24) is 5.32 Å². The van der Waals surface area contributed by atoms with Crippen LogP contribution in [-0.4, -0.2) is 23.1 Å². The van der Waals surface area contributed by atoms with Crippen LogP contribution in [0, 0.1) is 24.7 Å². The first-order chi connectivity index (χ1) is 15.3. The van der Waals surface area contributed by atoms with Crippen LogP contribution in [0.5, 0.6) is 0 Å². The normalized spacial score (nSPS) is 26.4. The number of rotatable bonds is 5. The lowest BCUT2D eigenvalue weighted by Crippen LogP contribution is -2.50. The molecule has 170 valence electrons. The topological polar surface area (TPSA) is 49.4 Å². The minimum Gasteiger partial charge on any atom is -0.353 e. The molecular weight excluding hydrogens is 416 g/mol. The van der Waals surface area contributed by atoms with E-state index < -0.39 is 11.2 Å². The molecule has 2 aromatic rings. The smallest absolute Gasteiger partial charge is 0.241 e. The minimum absolute atomic E-state index is 0.00327. The molecule has 2 amide bonds. The Morgan fingerprint density at radius 2 is 1.84 bits per heavy atom. The number of para-hydroxylation sites is 1. The Labute approximate surface area is 196 Å². The fourth-order valence-corrected chi connectivity index (χ4v) is 6.12. The summed E-state index contributed by atoms with van der Waals surface area (Å²) in [5.41, 5.74) is 3.22. The van der Waals surface area contributed by atoms with E-state index in [2.05, 4.69) is 56.4 Å². The van der Waals surface area contributed by atoms with Crippen LogP contribution in [0.15, 0.2) is 53.4 Å². The predicted octanol–water partition coefficient (Wildman–Crippen LogP) is 5.58. The number of benzene rings is 2. The molecule has 2 aromatic carbocycles. The van der Waals surface area contributed by atoms with E-state index >= 15 is 0 Å². The second kappa shape index (κ2) is 9.70. The number of aryl methyl sites for hydroxylation is 1. The van der Waals surface area contributed by atoms with Crippen LogP contribution in [0.4, 0.5) is 5.69 Å². The van der Waals surface area contributed by atoms with Gasteiger partial charge in [0.25, 0.3) is 0 Å². The third-order valence-electron chi connectivity index (χ3n) is 7.28. The van der Waals surface area contributed by atoms with Crippen LogP contribution in [-0.2, 0) is 16.1 Å². The van der Waals surface area contributed by atoms with Crippen molar-refractivity contribution in [2.45, 2.75) is 69.7 Å². The average Bonchev–Trinajstić information content (AvgIpc) is 2.79. The van der Waals surface area contributed by atoms with Crippen LogP contribution in [0.2, 0.25) is 0 Å². The molecule has 1 N–H and O–H groups in total. The monoisotopic (exact) mass is 450 g/mol. The van der Waals surface area contributed by atoms with Gasteiger partial charge in [0.1, 0.15) is 5.25 Å². The largest absolute Gasteiger partial charge is 0.353 e. The van der Waals surface area contributed by atoms with Gasteiger partial charge in [0.05, 0.1) is 18.2 Å². The number of amides is 2. The van der Waals surface area contributed by atoms with Crippen molar-refractivity contribution in [2.75, 3.05) is 4.90 Å². The lowest BCUT2D eigenvalue weighted by atomic mass is 9.78. The lowest BCUT2D eigenvalue weighted by molar-refractivity contribution is -0.129. The van der Waals surface area contributed by atoms with E-state index in [9.17, 15) is 9.59 Å². The highest BCUT2D eigenvalue weighted by Gasteiger charge is 2.40. The maximum atomic E-state index is 13.6. The standard InChI is InChI=1S/C27H34N2O2S/c1-17-12-14-21(15-13-17)16-29-23-10-5-6-11-24(23)32-25(27(29)31)20(4)26(30)28-22-9-7-8-18(2)19(22)3/h5-6,10-15,18-20,22,25H,7-9,16H2,1-4H3,(H,28,30)/t18-,19+,20+,22-,25+/m1/s1. The highest BCUT2D eigenvalue weighted by atomic mass is 32.2. The fourth-order valence-electron chi connectivity index (χ4n) is 4.83. The van der Waals surface area contributed by atoms with E-state index in [1.54, 1.807) is 0 Å². The molecule has 1 saturated carbocycles. The Morgan fingerprint density at radius 3 is 2.59 bits per heavy atom. The number of anilines is 1. The SMILES string of the molecule is Cc1ccc(CN2C(=O)[C@H]([C@H](C)C(=O)N[C@@H]3CCC[C@@H](C)[C@@H]3C)Sc3ccccc32)cc1. The van der Waals surface area contributed by atoms with Crippen molar-refractivity contribution in [3.63, 3.8) is 0 Å². The number of carbonyl (C=O) groups excluding carboxylic acids is 2. The second-order valence-electron chi connectivity index (χ2n) is 9.59. The molecular formula is C27H34N2O2S. The molecule has 5 atom stereocenters. The number of thioether (sulfide) groups is 1. The molecule has 1 heterocycles. The molecule has 4 nitrogen and oxygen atoms in total. The van der Waals surface area contributed by atoms with Crippen molar-refractivity contribution < 1.29 is 9.59 Å². The van der Waals surface area contributed by atoms with Crippen LogP contribution in [0.1, 0.15) is 51.2 Å². The Hall–Kier alpha value is -2.27. The van der Waals surface area contributed by atoms with Gasteiger partial charge in [0.2, 0.25) is 11.8 Å². The quantitative estimate of drug-likeness (QED) is 0.647. The molecule has 0 saturated heterocycles. The first-order valence-electron chi connectivity index (χ1n) is 11.8. The van der Waals surface area contributed by atoms with Gasteiger partial charge in [0, 0.05) is 10.9 Å². The lowest BCUT2D eigenvalue weighted by Gasteiger charge is -2.38.